The summed E-state index contributed by atoms with van der Waals surface area (Å²) < 4.78 is 3.70. The molecule has 0 spiro atoms. The van der Waals surface area contributed by atoms with Crippen LogP contribution < -0.4 is 0 Å². The largest absolute Gasteiger partial charge is 0.342 e. The number of nitrogens with zero attached hydrogens (tertiary/aromatic N) is 6. The van der Waals surface area contributed by atoms with Gasteiger partial charge in [-0.3, -0.25) is 4.79 Å². The van der Waals surface area contributed by atoms with E-state index in [1.165, 1.54) is 5.56 Å². The van der Waals surface area contributed by atoms with E-state index in [0.717, 1.165) is 60.0 Å². The molecule has 0 saturated carbocycles. The summed E-state index contributed by atoms with van der Waals surface area (Å²) in [6, 6.07) is 14.5. The van der Waals surface area contributed by atoms with Gasteiger partial charge in [-0.2, -0.15) is 5.10 Å². The zero-order valence-electron chi connectivity index (χ0n) is 19.5. The molecule has 1 aliphatic heterocycles. The molecule has 3 aromatic heterocycles. The van der Waals surface area contributed by atoms with Gasteiger partial charge in [-0.1, -0.05) is 30.3 Å². The van der Waals surface area contributed by atoms with E-state index in [4.69, 9.17) is 10.2 Å². The topological polar surface area (TPSA) is 68.3 Å². The van der Waals surface area contributed by atoms with Gasteiger partial charge in [-0.25, -0.2) is 14.2 Å². The SMILES string of the molecule is Cc1nn(-c2ccc3ncc(C)n3n2)c(C)c1CCC(=O)N1CCC(Cc2ccccc2)C1. The third kappa shape index (κ3) is 4.27. The molecular weight excluding hydrogens is 412 g/mol. The summed E-state index contributed by atoms with van der Waals surface area (Å²) in [7, 11) is 0. The van der Waals surface area contributed by atoms with E-state index >= 15 is 0 Å². The smallest absolute Gasteiger partial charge is 0.222 e. The van der Waals surface area contributed by atoms with Gasteiger partial charge < -0.3 is 4.90 Å². The number of hydrogen-bond acceptors (Lipinski definition) is 4. The lowest BCUT2D eigenvalue weighted by molar-refractivity contribution is -0.130. The molecule has 0 N–H and O–H groups in total. The van der Waals surface area contributed by atoms with Crippen LogP contribution in [0, 0.1) is 26.7 Å². The van der Waals surface area contributed by atoms with Crippen LogP contribution in [0.4, 0.5) is 0 Å². The maximum Gasteiger partial charge on any atom is 0.222 e. The number of fused-ring (bicyclic) bond motifs is 1. The number of benzene rings is 1. The Bertz CT molecular complexity index is 1290. The Morgan fingerprint density at radius 3 is 2.70 bits per heavy atom. The monoisotopic (exact) mass is 442 g/mol. The normalized spacial score (nSPS) is 16.1. The van der Waals surface area contributed by atoms with Crippen molar-refractivity contribution in [3.8, 4) is 5.82 Å². The number of carbonyl (C=O) groups is 1. The van der Waals surface area contributed by atoms with Gasteiger partial charge in [0.1, 0.15) is 0 Å². The third-order valence-corrected chi connectivity index (χ3v) is 6.77. The van der Waals surface area contributed by atoms with Crippen molar-refractivity contribution in [1.29, 1.82) is 0 Å². The molecule has 5 rings (SSSR count). The predicted octanol–water partition coefficient (Wildman–Crippen LogP) is 3.86. The van der Waals surface area contributed by atoms with E-state index in [1.54, 1.807) is 0 Å². The molecule has 1 fully saturated rings. The van der Waals surface area contributed by atoms with Crippen molar-refractivity contribution in [1.82, 2.24) is 29.3 Å². The minimum atomic E-state index is 0.241. The lowest BCUT2D eigenvalue weighted by Gasteiger charge is -2.17. The second kappa shape index (κ2) is 8.81. The fourth-order valence-corrected chi connectivity index (χ4v) is 4.91. The van der Waals surface area contributed by atoms with Crippen molar-refractivity contribution >= 4 is 11.6 Å². The summed E-state index contributed by atoms with van der Waals surface area (Å²) in [5.41, 5.74) is 6.28. The van der Waals surface area contributed by atoms with Crippen LogP contribution in [-0.2, 0) is 17.6 Å². The zero-order valence-corrected chi connectivity index (χ0v) is 19.5. The van der Waals surface area contributed by atoms with E-state index in [-0.39, 0.29) is 5.91 Å². The zero-order chi connectivity index (χ0) is 22.9. The first kappa shape index (κ1) is 21.4. The van der Waals surface area contributed by atoms with E-state index in [0.29, 0.717) is 18.8 Å². The average molecular weight is 443 g/mol. The van der Waals surface area contributed by atoms with Crippen molar-refractivity contribution in [2.24, 2.45) is 5.92 Å². The van der Waals surface area contributed by atoms with E-state index in [2.05, 4.69) is 36.2 Å². The van der Waals surface area contributed by atoms with Crippen LogP contribution in [0.2, 0.25) is 0 Å². The van der Waals surface area contributed by atoms with Crippen LogP contribution >= 0.6 is 0 Å². The minimum absolute atomic E-state index is 0.241. The number of likely N-dealkylation sites (tertiary alicyclic amines) is 1. The van der Waals surface area contributed by atoms with Crippen molar-refractivity contribution in [3.05, 3.63) is 76.9 Å². The molecule has 7 heteroatoms. The van der Waals surface area contributed by atoms with E-state index < -0.39 is 0 Å². The number of amides is 1. The molecule has 0 aliphatic carbocycles. The Morgan fingerprint density at radius 2 is 1.88 bits per heavy atom. The first-order valence-electron chi connectivity index (χ1n) is 11.7. The second-order valence-corrected chi connectivity index (χ2v) is 9.11. The Labute approximate surface area is 194 Å². The van der Waals surface area contributed by atoms with Crippen molar-refractivity contribution in [2.75, 3.05) is 13.1 Å². The van der Waals surface area contributed by atoms with E-state index in [9.17, 15) is 4.79 Å². The Hall–Kier alpha value is -3.48. The number of aromatic nitrogens is 5. The quantitative estimate of drug-likeness (QED) is 0.455. The molecule has 0 bridgehead atoms. The standard InChI is InChI=1S/C26H30N6O/c1-18-16-27-24-10-11-25(29-31(18)24)32-20(3)23(19(2)28-32)9-12-26(33)30-14-13-22(17-30)15-21-7-5-4-6-8-21/h4-8,10-11,16,22H,9,12-15,17H2,1-3H3. The Morgan fingerprint density at radius 1 is 1.06 bits per heavy atom. The molecule has 0 radical (unpaired) electrons. The van der Waals surface area contributed by atoms with Crippen LogP contribution in [0.5, 0.6) is 0 Å². The highest BCUT2D eigenvalue weighted by molar-refractivity contribution is 5.76. The maximum atomic E-state index is 12.9. The Kier molecular flexibility index (Phi) is 5.70. The summed E-state index contributed by atoms with van der Waals surface area (Å²) in [6.45, 7) is 7.77. The molecule has 1 aliphatic rings. The fourth-order valence-electron chi connectivity index (χ4n) is 4.91. The molecule has 1 aromatic carbocycles. The molecule has 170 valence electrons. The highest BCUT2D eigenvalue weighted by atomic mass is 16.2. The van der Waals surface area contributed by atoms with Crippen LogP contribution in [-0.4, -0.2) is 48.3 Å². The summed E-state index contributed by atoms with van der Waals surface area (Å²) in [4.78, 5) is 19.3. The predicted molar refractivity (Wildman–Crippen MR) is 127 cm³/mol. The second-order valence-electron chi connectivity index (χ2n) is 9.11. The van der Waals surface area contributed by atoms with Gasteiger partial charge in [-0.05, 0) is 69.2 Å². The molecule has 4 aromatic rings. The minimum Gasteiger partial charge on any atom is -0.342 e. The average Bonchev–Trinajstić information content (AvgIpc) is 3.51. The third-order valence-electron chi connectivity index (χ3n) is 6.77. The van der Waals surface area contributed by atoms with Crippen LogP contribution in [0.15, 0.2) is 48.7 Å². The van der Waals surface area contributed by atoms with Crippen LogP contribution in [0.3, 0.4) is 0 Å². The number of hydrogen-bond donors (Lipinski definition) is 0. The lowest BCUT2D eigenvalue weighted by atomic mass is 9.99. The number of imidazole rings is 1. The van der Waals surface area contributed by atoms with Gasteiger partial charge in [0.25, 0.3) is 0 Å². The van der Waals surface area contributed by atoms with Crippen molar-refractivity contribution < 1.29 is 4.79 Å². The molecule has 33 heavy (non-hydrogen) atoms. The summed E-state index contributed by atoms with van der Waals surface area (Å²) in [5.74, 6) is 1.55. The molecule has 4 heterocycles. The first-order valence-corrected chi connectivity index (χ1v) is 11.7. The van der Waals surface area contributed by atoms with Crippen LogP contribution in [0.25, 0.3) is 11.5 Å². The number of carbonyl (C=O) groups excluding carboxylic acids is 1. The van der Waals surface area contributed by atoms with Gasteiger partial charge in [0, 0.05) is 25.2 Å². The number of aryl methyl sites for hydroxylation is 2. The molecule has 7 nitrogen and oxygen atoms in total. The molecular formula is C26H30N6O. The summed E-state index contributed by atoms with van der Waals surface area (Å²) >= 11 is 0. The van der Waals surface area contributed by atoms with Gasteiger partial charge in [0.2, 0.25) is 5.91 Å². The van der Waals surface area contributed by atoms with Crippen LogP contribution in [0.1, 0.15) is 41.1 Å². The Balaban J connectivity index is 1.24. The van der Waals surface area contributed by atoms with Gasteiger partial charge in [0.15, 0.2) is 11.5 Å². The van der Waals surface area contributed by atoms with E-state index in [1.807, 2.05) is 52.3 Å². The fraction of sp³-hybridized carbons (Fsp3) is 0.385. The van der Waals surface area contributed by atoms with Crippen molar-refractivity contribution in [2.45, 2.75) is 46.5 Å². The molecule has 1 saturated heterocycles. The van der Waals surface area contributed by atoms with Gasteiger partial charge in [-0.15, -0.1) is 5.10 Å². The first-order chi connectivity index (χ1) is 16.0. The summed E-state index contributed by atoms with van der Waals surface area (Å²) in [6.07, 6.45) is 5.15. The maximum absolute atomic E-state index is 12.9. The molecule has 1 unspecified atom stereocenters. The van der Waals surface area contributed by atoms with Gasteiger partial charge in [0.05, 0.1) is 17.6 Å². The highest BCUT2D eigenvalue weighted by Gasteiger charge is 2.26. The summed E-state index contributed by atoms with van der Waals surface area (Å²) in [5, 5.41) is 9.43. The molecule has 1 atom stereocenters. The molecule has 1 amide bonds. The van der Waals surface area contributed by atoms with Crippen molar-refractivity contribution in [3.63, 3.8) is 0 Å². The lowest BCUT2D eigenvalue weighted by Crippen LogP contribution is -2.29. The highest BCUT2D eigenvalue weighted by Crippen LogP contribution is 2.23. The number of rotatable bonds is 6. The van der Waals surface area contributed by atoms with Gasteiger partial charge >= 0.3 is 0 Å².